The largest absolute Gasteiger partial charge is 0.416 e. The number of carbonyl (C=O) groups excluding carboxylic acids is 3. The van der Waals surface area contributed by atoms with Crippen LogP contribution in [0.25, 0.3) is 0 Å². The van der Waals surface area contributed by atoms with E-state index in [1.165, 1.54) is 22.7 Å². The van der Waals surface area contributed by atoms with Crippen LogP contribution in [0, 0.1) is 0 Å². The minimum atomic E-state index is -4.40. The van der Waals surface area contributed by atoms with Gasteiger partial charge in [0, 0.05) is 37.4 Å². The Morgan fingerprint density at radius 2 is 1.75 bits per heavy atom. The molecule has 7 nitrogen and oxygen atoms in total. The minimum absolute atomic E-state index is 0.110. The number of fused-ring (bicyclic) bond motifs is 1. The molecule has 3 aliphatic rings. The highest BCUT2D eigenvalue weighted by atomic mass is 32.2. The smallest absolute Gasteiger partial charge is 0.368 e. The van der Waals surface area contributed by atoms with Crippen molar-refractivity contribution in [1.82, 2.24) is 15.1 Å². The van der Waals surface area contributed by atoms with E-state index in [0.717, 1.165) is 17.7 Å². The lowest BCUT2D eigenvalue weighted by Crippen LogP contribution is -2.59. The van der Waals surface area contributed by atoms with Gasteiger partial charge in [-0.15, -0.1) is 11.8 Å². The summed E-state index contributed by atoms with van der Waals surface area (Å²) in [6.45, 7) is 1.72. The predicted molar refractivity (Wildman–Crippen MR) is 129 cm³/mol. The maximum atomic E-state index is 13.0. The Kier molecular flexibility index (Phi) is 6.42. The van der Waals surface area contributed by atoms with Crippen LogP contribution in [0.2, 0.25) is 0 Å². The highest BCUT2D eigenvalue weighted by molar-refractivity contribution is 8.03. The van der Waals surface area contributed by atoms with Gasteiger partial charge in [0.05, 0.1) is 18.2 Å². The molecular formula is C25H23F3N4O3S. The standard InChI is InChI=1S/C25H23F3N4O3S/c26-25(27,28)18-2-1-3-19(14-18)30-9-11-31(12-10-30)22(33)17-6-4-16(5-7-17)15-32-23(34)21-20(8-13-36-21)29-24(32)35/h1-8,13-14,20-21H,9-12,15H2,(H,29,35). The van der Waals surface area contributed by atoms with Crippen LogP contribution in [-0.2, 0) is 17.5 Å². The number of halogens is 3. The summed E-state index contributed by atoms with van der Waals surface area (Å²) in [7, 11) is 0. The summed E-state index contributed by atoms with van der Waals surface area (Å²) < 4.78 is 39.1. The van der Waals surface area contributed by atoms with Gasteiger partial charge in [-0.05, 0) is 41.3 Å². The molecule has 2 atom stereocenters. The molecule has 188 valence electrons. The van der Waals surface area contributed by atoms with Gasteiger partial charge in [0.25, 0.3) is 5.91 Å². The summed E-state index contributed by atoms with van der Waals surface area (Å²) in [5, 5.41) is 4.28. The molecular weight excluding hydrogens is 493 g/mol. The van der Waals surface area contributed by atoms with E-state index in [0.29, 0.717) is 37.4 Å². The third kappa shape index (κ3) is 4.79. The van der Waals surface area contributed by atoms with Gasteiger partial charge in [-0.1, -0.05) is 24.3 Å². The van der Waals surface area contributed by atoms with E-state index < -0.39 is 17.8 Å². The van der Waals surface area contributed by atoms with Crippen molar-refractivity contribution in [2.75, 3.05) is 31.1 Å². The van der Waals surface area contributed by atoms with Crippen LogP contribution in [0.5, 0.6) is 0 Å². The van der Waals surface area contributed by atoms with Crippen LogP contribution in [0.1, 0.15) is 21.5 Å². The zero-order chi connectivity index (χ0) is 25.4. The fourth-order valence-corrected chi connectivity index (χ4v) is 5.53. The molecule has 0 spiro atoms. The number of amides is 4. The molecule has 2 aromatic rings. The number of hydrogen-bond acceptors (Lipinski definition) is 5. The fourth-order valence-electron chi connectivity index (χ4n) is 4.52. The highest BCUT2D eigenvalue weighted by Crippen LogP contribution is 2.32. The number of benzene rings is 2. The van der Waals surface area contributed by atoms with E-state index in [1.54, 1.807) is 35.2 Å². The van der Waals surface area contributed by atoms with E-state index in [4.69, 9.17) is 0 Å². The van der Waals surface area contributed by atoms with Crippen molar-refractivity contribution in [3.8, 4) is 0 Å². The van der Waals surface area contributed by atoms with Crippen molar-refractivity contribution >= 4 is 35.3 Å². The third-order valence-corrected chi connectivity index (χ3v) is 7.63. The van der Waals surface area contributed by atoms with Crippen molar-refractivity contribution in [2.24, 2.45) is 0 Å². The maximum Gasteiger partial charge on any atom is 0.416 e. The molecule has 11 heteroatoms. The predicted octanol–water partition coefficient (Wildman–Crippen LogP) is 3.72. The Labute approximate surface area is 209 Å². The van der Waals surface area contributed by atoms with Crippen LogP contribution < -0.4 is 10.2 Å². The second-order valence-electron chi connectivity index (χ2n) is 8.81. The molecule has 0 aromatic heterocycles. The van der Waals surface area contributed by atoms with Gasteiger partial charge in [0.15, 0.2) is 0 Å². The number of nitrogens with one attached hydrogen (secondary N) is 1. The van der Waals surface area contributed by atoms with Crippen LogP contribution in [0.15, 0.2) is 60.0 Å². The second kappa shape index (κ2) is 9.53. The number of nitrogens with zero attached hydrogens (tertiary/aromatic N) is 3. The number of hydrogen-bond donors (Lipinski definition) is 1. The monoisotopic (exact) mass is 516 g/mol. The van der Waals surface area contributed by atoms with Crippen LogP contribution in [0.3, 0.4) is 0 Å². The van der Waals surface area contributed by atoms with Gasteiger partial charge in [-0.25, -0.2) is 4.79 Å². The quantitative estimate of drug-likeness (QED) is 0.671. The van der Waals surface area contributed by atoms with E-state index >= 15 is 0 Å². The molecule has 0 aliphatic carbocycles. The zero-order valence-electron chi connectivity index (χ0n) is 19.1. The average Bonchev–Trinajstić information content (AvgIpc) is 3.35. The van der Waals surface area contributed by atoms with Crippen LogP contribution >= 0.6 is 11.8 Å². The molecule has 2 saturated heterocycles. The van der Waals surface area contributed by atoms with Crippen molar-refractivity contribution in [2.45, 2.75) is 24.0 Å². The van der Waals surface area contributed by atoms with Crippen molar-refractivity contribution in [1.29, 1.82) is 0 Å². The first kappa shape index (κ1) is 24.2. The second-order valence-corrected chi connectivity index (χ2v) is 9.86. The third-order valence-electron chi connectivity index (χ3n) is 6.53. The first-order valence-electron chi connectivity index (χ1n) is 11.4. The molecule has 3 aliphatic heterocycles. The number of alkyl halides is 3. The maximum absolute atomic E-state index is 13.0. The number of piperazine rings is 1. The topological polar surface area (TPSA) is 73.0 Å². The summed E-state index contributed by atoms with van der Waals surface area (Å²) in [6, 6.07) is 11.3. The SMILES string of the molecule is O=C(c1ccc(CN2C(=O)NC3C=CSC3C2=O)cc1)N1CCN(c2cccc(C(F)(F)F)c2)CC1. The first-order chi connectivity index (χ1) is 17.2. The Hall–Kier alpha value is -3.47. The average molecular weight is 517 g/mol. The first-order valence-corrected chi connectivity index (χ1v) is 12.4. The van der Waals surface area contributed by atoms with Crippen molar-refractivity contribution < 1.29 is 27.6 Å². The summed E-state index contributed by atoms with van der Waals surface area (Å²) in [5.41, 5.74) is 0.978. The van der Waals surface area contributed by atoms with Crippen LogP contribution in [0.4, 0.5) is 23.7 Å². The lowest BCUT2D eigenvalue weighted by Gasteiger charge is -2.36. The molecule has 0 saturated carbocycles. The Morgan fingerprint density at radius 3 is 2.44 bits per heavy atom. The van der Waals surface area contributed by atoms with Crippen molar-refractivity contribution in [3.05, 3.63) is 76.7 Å². The van der Waals surface area contributed by atoms with E-state index in [1.807, 2.05) is 16.4 Å². The fraction of sp³-hybridized carbons (Fsp3) is 0.320. The highest BCUT2D eigenvalue weighted by Gasteiger charge is 2.42. The molecule has 4 amide bonds. The number of carbonyl (C=O) groups is 3. The number of urea groups is 1. The van der Waals surface area contributed by atoms with Crippen molar-refractivity contribution in [3.63, 3.8) is 0 Å². The van der Waals surface area contributed by atoms with Gasteiger partial charge in [0.1, 0.15) is 5.25 Å². The van der Waals surface area contributed by atoms with Gasteiger partial charge in [-0.3, -0.25) is 14.5 Å². The molecule has 1 N–H and O–H groups in total. The van der Waals surface area contributed by atoms with Gasteiger partial charge in [-0.2, -0.15) is 13.2 Å². The van der Waals surface area contributed by atoms with E-state index in [-0.39, 0.29) is 29.7 Å². The number of rotatable bonds is 4. The molecule has 2 fully saturated rings. The summed E-state index contributed by atoms with van der Waals surface area (Å²) in [5.74, 6) is -0.411. The number of thioether (sulfide) groups is 1. The molecule has 36 heavy (non-hydrogen) atoms. The Bertz CT molecular complexity index is 1210. The van der Waals surface area contributed by atoms with E-state index in [2.05, 4.69) is 5.32 Å². The lowest BCUT2D eigenvalue weighted by atomic mass is 10.1. The number of imide groups is 1. The molecule has 5 rings (SSSR count). The van der Waals surface area contributed by atoms with Gasteiger partial charge in [0.2, 0.25) is 5.91 Å². The minimum Gasteiger partial charge on any atom is -0.368 e. The normalized spacial score (nSPS) is 22.0. The summed E-state index contributed by atoms with van der Waals surface area (Å²) in [4.78, 5) is 42.7. The summed E-state index contributed by atoms with van der Waals surface area (Å²) in [6.07, 6.45) is -2.59. The molecule has 3 heterocycles. The molecule has 2 aromatic carbocycles. The number of anilines is 1. The van der Waals surface area contributed by atoms with E-state index in [9.17, 15) is 27.6 Å². The molecule has 2 unspecified atom stereocenters. The van der Waals surface area contributed by atoms with Gasteiger partial charge >= 0.3 is 12.2 Å². The molecule has 0 radical (unpaired) electrons. The zero-order valence-corrected chi connectivity index (χ0v) is 19.9. The summed E-state index contributed by atoms with van der Waals surface area (Å²) >= 11 is 1.38. The van der Waals surface area contributed by atoms with Crippen LogP contribution in [-0.4, -0.2) is 65.1 Å². The lowest BCUT2D eigenvalue weighted by molar-refractivity contribution is -0.137. The van der Waals surface area contributed by atoms with Gasteiger partial charge < -0.3 is 15.1 Å². The Morgan fingerprint density at radius 1 is 1.03 bits per heavy atom. The molecule has 0 bridgehead atoms. The Balaban J connectivity index is 1.18.